The van der Waals surface area contributed by atoms with Crippen LogP contribution in [0.2, 0.25) is 0 Å². The molecule has 0 radical (unpaired) electrons. The molecule has 2 N–H and O–H groups in total. The minimum atomic E-state index is -0.506. The number of amides is 1. The summed E-state index contributed by atoms with van der Waals surface area (Å²) in [5.41, 5.74) is 0.252. The first-order chi connectivity index (χ1) is 10.1. The summed E-state index contributed by atoms with van der Waals surface area (Å²) in [5, 5.41) is 12.7. The predicted molar refractivity (Wildman–Crippen MR) is 75.3 cm³/mol. The van der Waals surface area contributed by atoms with Crippen LogP contribution >= 0.6 is 0 Å². The highest BCUT2D eigenvalue weighted by Gasteiger charge is 2.36. The molecule has 1 aliphatic heterocycles. The second-order valence-corrected chi connectivity index (χ2v) is 5.91. The van der Waals surface area contributed by atoms with E-state index in [4.69, 9.17) is 0 Å². The number of hydrogen-bond donors (Lipinski definition) is 2. The van der Waals surface area contributed by atoms with Crippen molar-refractivity contribution < 1.29 is 14.3 Å². The van der Waals surface area contributed by atoms with Crippen LogP contribution in [0.15, 0.2) is 18.5 Å². The molecule has 1 unspecified atom stereocenters. The number of halogens is 1. The minimum Gasteiger partial charge on any atom is -0.392 e. The van der Waals surface area contributed by atoms with Crippen molar-refractivity contribution in [1.29, 1.82) is 0 Å². The van der Waals surface area contributed by atoms with Crippen molar-refractivity contribution in [1.82, 2.24) is 15.2 Å². The molecule has 0 aromatic carbocycles. The topological polar surface area (TPSA) is 65.5 Å². The number of aromatic nitrogens is 1. The highest BCUT2D eigenvalue weighted by molar-refractivity contribution is 5.94. The number of aliphatic hydroxyl groups is 1. The maximum absolute atomic E-state index is 13.1. The first kappa shape index (κ1) is 14.4. The van der Waals surface area contributed by atoms with Crippen molar-refractivity contribution in [3.05, 3.63) is 29.8 Å². The summed E-state index contributed by atoms with van der Waals surface area (Å²) >= 11 is 0. The van der Waals surface area contributed by atoms with Crippen LogP contribution in [0, 0.1) is 5.82 Å². The van der Waals surface area contributed by atoms with E-state index in [1.165, 1.54) is 12.3 Å². The van der Waals surface area contributed by atoms with Crippen LogP contribution in [0.3, 0.4) is 0 Å². The third-order valence-corrected chi connectivity index (χ3v) is 4.43. The van der Waals surface area contributed by atoms with Gasteiger partial charge in [0.2, 0.25) is 0 Å². The van der Waals surface area contributed by atoms with Gasteiger partial charge in [-0.05, 0) is 31.7 Å². The van der Waals surface area contributed by atoms with Crippen LogP contribution in [-0.4, -0.2) is 52.2 Å². The quantitative estimate of drug-likeness (QED) is 0.870. The highest BCUT2D eigenvalue weighted by atomic mass is 19.1. The number of nitrogens with one attached hydrogen (secondary N) is 1. The average Bonchev–Trinajstić information content (AvgIpc) is 3.07. The van der Waals surface area contributed by atoms with E-state index in [1.54, 1.807) is 0 Å². The van der Waals surface area contributed by atoms with Gasteiger partial charge >= 0.3 is 0 Å². The number of nitrogens with zero attached hydrogens (tertiary/aromatic N) is 2. The molecule has 1 aromatic rings. The standard InChI is InChI=1S/C15H20FN3O2/c16-11-6-10(7-17-8-11)15(21)18-13-2-1-3-14(13)19-5-4-12(20)9-19/h6-8,12-14,20H,1-5,9H2,(H,18,21)/t12?,13-,14+/m1/s1. The van der Waals surface area contributed by atoms with E-state index >= 15 is 0 Å². The summed E-state index contributed by atoms with van der Waals surface area (Å²) in [6, 6.07) is 1.53. The second-order valence-electron chi connectivity index (χ2n) is 5.91. The van der Waals surface area contributed by atoms with Gasteiger partial charge in [-0.3, -0.25) is 14.7 Å². The Hall–Kier alpha value is -1.53. The van der Waals surface area contributed by atoms with Gasteiger partial charge in [-0.1, -0.05) is 0 Å². The SMILES string of the molecule is O=C(N[C@@H]1CCC[C@@H]1N1CCC(O)C1)c1cncc(F)c1. The van der Waals surface area contributed by atoms with Gasteiger partial charge in [0.1, 0.15) is 5.82 Å². The maximum Gasteiger partial charge on any atom is 0.253 e. The molecule has 114 valence electrons. The number of carbonyl (C=O) groups is 1. The lowest BCUT2D eigenvalue weighted by Gasteiger charge is -2.29. The lowest BCUT2D eigenvalue weighted by Crippen LogP contribution is -2.48. The maximum atomic E-state index is 13.1. The third-order valence-electron chi connectivity index (χ3n) is 4.43. The smallest absolute Gasteiger partial charge is 0.253 e. The number of β-amino-alcohol motifs (C(OH)–C–C–N with tert-alkyl or cyclic N) is 1. The number of likely N-dealkylation sites (tertiary alicyclic amines) is 1. The Morgan fingerprint density at radius 2 is 2.24 bits per heavy atom. The Morgan fingerprint density at radius 3 is 2.95 bits per heavy atom. The van der Waals surface area contributed by atoms with Gasteiger partial charge in [0.25, 0.3) is 5.91 Å². The number of pyridine rings is 1. The van der Waals surface area contributed by atoms with Gasteiger partial charge in [0, 0.05) is 31.4 Å². The predicted octanol–water partition coefficient (Wildman–Crippen LogP) is 0.938. The van der Waals surface area contributed by atoms with E-state index in [-0.39, 0.29) is 29.7 Å². The molecule has 1 aliphatic carbocycles. The Morgan fingerprint density at radius 1 is 1.38 bits per heavy atom. The van der Waals surface area contributed by atoms with Gasteiger partial charge < -0.3 is 10.4 Å². The van der Waals surface area contributed by atoms with Crippen LogP contribution < -0.4 is 5.32 Å². The first-order valence-corrected chi connectivity index (χ1v) is 7.47. The van der Waals surface area contributed by atoms with E-state index in [2.05, 4.69) is 15.2 Å². The van der Waals surface area contributed by atoms with E-state index in [9.17, 15) is 14.3 Å². The van der Waals surface area contributed by atoms with E-state index in [1.807, 2.05) is 0 Å². The van der Waals surface area contributed by atoms with E-state index in [0.29, 0.717) is 6.54 Å². The molecule has 1 saturated heterocycles. The van der Waals surface area contributed by atoms with Crippen molar-refractivity contribution in [3.63, 3.8) is 0 Å². The van der Waals surface area contributed by atoms with Gasteiger partial charge in [-0.25, -0.2) is 4.39 Å². The number of aliphatic hydroxyl groups excluding tert-OH is 1. The van der Waals surface area contributed by atoms with Crippen molar-refractivity contribution in [2.45, 2.75) is 43.9 Å². The van der Waals surface area contributed by atoms with E-state index in [0.717, 1.165) is 38.4 Å². The summed E-state index contributed by atoms with van der Waals surface area (Å²) < 4.78 is 13.1. The molecule has 5 nitrogen and oxygen atoms in total. The fraction of sp³-hybridized carbons (Fsp3) is 0.600. The van der Waals surface area contributed by atoms with Crippen LogP contribution in [0.25, 0.3) is 0 Å². The first-order valence-electron chi connectivity index (χ1n) is 7.47. The molecule has 3 rings (SSSR count). The summed E-state index contributed by atoms with van der Waals surface area (Å²) in [6.07, 6.45) is 6.01. The molecule has 2 heterocycles. The lowest BCUT2D eigenvalue weighted by molar-refractivity contribution is 0.0905. The Kier molecular flexibility index (Phi) is 4.17. The Balaban J connectivity index is 1.64. The van der Waals surface area contributed by atoms with Crippen LogP contribution in [0.5, 0.6) is 0 Å². The summed E-state index contributed by atoms with van der Waals surface area (Å²) in [7, 11) is 0. The molecule has 2 fully saturated rings. The van der Waals surface area contributed by atoms with Crippen molar-refractivity contribution in [2.75, 3.05) is 13.1 Å². The van der Waals surface area contributed by atoms with E-state index < -0.39 is 5.82 Å². The van der Waals surface area contributed by atoms with Crippen LogP contribution in [0.4, 0.5) is 4.39 Å². The Labute approximate surface area is 123 Å². The zero-order valence-corrected chi connectivity index (χ0v) is 11.8. The molecule has 3 atom stereocenters. The summed E-state index contributed by atoms with van der Waals surface area (Å²) in [6.45, 7) is 1.55. The van der Waals surface area contributed by atoms with Crippen molar-refractivity contribution in [2.24, 2.45) is 0 Å². The normalized spacial score (nSPS) is 29.7. The lowest BCUT2D eigenvalue weighted by atomic mass is 10.1. The van der Waals surface area contributed by atoms with Crippen molar-refractivity contribution >= 4 is 5.91 Å². The molecule has 2 aliphatic rings. The van der Waals surface area contributed by atoms with Gasteiger partial charge in [-0.15, -0.1) is 0 Å². The molecule has 0 bridgehead atoms. The largest absolute Gasteiger partial charge is 0.392 e. The molecule has 0 spiro atoms. The van der Waals surface area contributed by atoms with Crippen LogP contribution in [-0.2, 0) is 0 Å². The van der Waals surface area contributed by atoms with Gasteiger partial charge in [0.05, 0.1) is 17.9 Å². The zero-order chi connectivity index (χ0) is 14.8. The van der Waals surface area contributed by atoms with Gasteiger partial charge in [0.15, 0.2) is 0 Å². The minimum absolute atomic E-state index is 0.0612. The molecule has 1 saturated carbocycles. The molecular weight excluding hydrogens is 273 g/mol. The molecule has 1 amide bonds. The van der Waals surface area contributed by atoms with Crippen LogP contribution in [0.1, 0.15) is 36.0 Å². The highest BCUT2D eigenvalue weighted by Crippen LogP contribution is 2.27. The summed E-state index contributed by atoms with van der Waals surface area (Å²) in [4.78, 5) is 18.2. The number of rotatable bonds is 3. The second kappa shape index (κ2) is 6.07. The number of hydrogen-bond acceptors (Lipinski definition) is 4. The Bertz CT molecular complexity index is 525. The fourth-order valence-corrected chi connectivity index (χ4v) is 3.40. The third kappa shape index (κ3) is 3.22. The monoisotopic (exact) mass is 293 g/mol. The molecular formula is C15H20FN3O2. The summed E-state index contributed by atoms with van der Waals surface area (Å²) in [5.74, 6) is -0.785. The molecule has 1 aromatic heterocycles. The molecule has 6 heteroatoms. The average molecular weight is 293 g/mol. The fourth-order valence-electron chi connectivity index (χ4n) is 3.40. The van der Waals surface area contributed by atoms with Crippen molar-refractivity contribution in [3.8, 4) is 0 Å². The zero-order valence-electron chi connectivity index (χ0n) is 11.8. The van der Waals surface area contributed by atoms with Gasteiger partial charge in [-0.2, -0.15) is 0 Å². The number of carbonyl (C=O) groups excluding carboxylic acids is 1. The molecule has 21 heavy (non-hydrogen) atoms.